The number of amides is 1. The molecule has 2 aliphatic heterocycles. The number of phenolic OH excluding ortho intramolecular Hbond substituents is 1. The Bertz CT molecular complexity index is 1850. The second-order valence-electron chi connectivity index (χ2n) is 11.3. The number of rotatable bonds is 7. The summed E-state index contributed by atoms with van der Waals surface area (Å²) in [5.41, 5.74) is 3.37. The summed E-state index contributed by atoms with van der Waals surface area (Å²) >= 11 is 5.95. The van der Waals surface area contributed by atoms with Crippen LogP contribution in [-0.4, -0.2) is 50.4 Å². The van der Waals surface area contributed by atoms with E-state index in [0.29, 0.717) is 38.8 Å². The SMILES string of the molecule is COc1cc([C@H]2c3cc4c(cc3[C@H](NC(=O)c3ccc(C(=O)c5ccc(Cl)cc5)cc3)[C@H]3COC(=O)[C@H]23)OCO4)cc(OC)c1O. The molecule has 0 aromatic heterocycles. The van der Waals surface area contributed by atoms with Crippen LogP contribution in [0.5, 0.6) is 28.7 Å². The molecular weight excluding hydrogens is 614 g/mol. The third kappa shape index (κ3) is 4.95. The molecule has 0 spiro atoms. The highest BCUT2D eigenvalue weighted by Crippen LogP contribution is 2.55. The standard InChI is InChI=1S/C35H28ClNO9/c1-42-27-11-20(12-28(43-2)33(27)39)29-22-13-25-26(46-16-45-25)14-23(22)31(24-15-44-35(41)30(24)29)37-34(40)19-5-3-17(4-6-19)32(38)18-7-9-21(36)10-8-18/h3-14,24,29-31,39H,15-16H2,1-2H3,(H,37,40)/t24-,29-,30-,31-/m0/s1. The van der Waals surface area contributed by atoms with Crippen LogP contribution in [-0.2, 0) is 9.53 Å². The van der Waals surface area contributed by atoms with Gasteiger partial charge in [0.25, 0.3) is 5.91 Å². The van der Waals surface area contributed by atoms with Crippen molar-refractivity contribution in [1.82, 2.24) is 5.32 Å². The van der Waals surface area contributed by atoms with Gasteiger partial charge in [-0.1, -0.05) is 23.7 Å². The predicted octanol–water partition coefficient (Wildman–Crippen LogP) is 5.43. The number of ether oxygens (including phenoxy) is 5. The Morgan fingerprint density at radius 1 is 0.826 bits per heavy atom. The number of methoxy groups -OCH3 is 2. The highest BCUT2D eigenvalue weighted by molar-refractivity contribution is 6.30. The summed E-state index contributed by atoms with van der Waals surface area (Å²) < 4.78 is 27.9. The molecule has 234 valence electrons. The zero-order valence-electron chi connectivity index (χ0n) is 24.7. The molecule has 4 aromatic rings. The first-order valence-corrected chi connectivity index (χ1v) is 14.9. The largest absolute Gasteiger partial charge is 0.502 e. The van der Waals surface area contributed by atoms with Crippen molar-refractivity contribution in [1.29, 1.82) is 0 Å². The number of carbonyl (C=O) groups excluding carboxylic acids is 3. The molecular formula is C35H28ClNO9. The Labute approximate surface area is 268 Å². The highest BCUT2D eigenvalue weighted by Gasteiger charge is 2.53. The van der Waals surface area contributed by atoms with Gasteiger partial charge in [-0.3, -0.25) is 14.4 Å². The molecule has 1 aliphatic carbocycles. The van der Waals surface area contributed by atoms with Crippen molar-refractivity contribution in [2.45, 2.75) is 12.0 Å². The van der Waals surface area contributed by atoms with E-state index in [0.717, 1.165) is 11.1 Å². The summed E-state index contributed by atoms with van der Waals surface area (Å²) in [5.74, 6) is -1.41. The Hall–Kier alpha value is -5.22. The lowest BCUT2D eigenvalue weighted by molar-refractivity contribution is -0.141. The van der Waals surface area contributed by atoms with Gasteiger partial charge >= 0.3 is 5.97 Å². The van der Waals surface area contributed by atoms with Crippen molar-refractivity contribution >= 4 is 29.3 Å². The van der Waals surface area contributed by atoms with Crippen molar-refractivity contribution < 1.29 is 43.2 Å². The van der Waals surface area contributed by atoms with Crippen molar-refractivity contribution in [3.05, 3.63) is 111 Å². The molecule has 0 radical (unpaired) electrons. The van der Waals surface area contributed by atoms with Gasteiger partial charge in [-0.15, -0.1) is 0 Å². The summed E-state index contributed by atoms with van der Waals surface area (Å²) in [6.07, 6.45) is 0. The Morgan fingerprint density at radius 2 is 1.39 bits per heavy atom. The van der Waals surface area contributed by atoms with Gasteiger partial charge in [0.2, 0.25) is 12.5 Å². The zero-order chi connectivity index (χ0) is 32.1. The molecule has 2 heterocycles. The minimum atomic E-state index is -0.684. The lowest BCUT2D eigenvalue weighted by atomic mass is 9.65. The molecule has 1 fully saturated rings. The highest BCUT2D eigenvalue weighted by atomic mass is 35.5. The summed E-state index contributed by atoms with van der Waals surface area (Å²) in [5, 5.41) is 14.2. The van der Waals surface area contributed by atoms with Crippen LogP contribution in [0.15, 0.2) is 72.8 Å². The second-order valence-corrected chi connectivity index (χ2v) is 11.7. The molecule has 2 N–H and O–H groups in total. The van der Waals surface area contributed by atoms with Crippen LogP contribution < -0.4 is 24.3 Å². The van der Waals surface area contributed by atoms with Crippen LogP contribution in [0, 0.1) is 11.8 Å². The maximum absolute atomic E-state index is 13.7. The van der Waals surface area contributed by atoms with Gasteiger partial charge in [0, 0.05) is 33.5 Å². The third-order valence-electron chi connectivity index (χ3n) is 8.85. The normalized spacial score (nSPS) is 20.7. The summed E-state index contributed by atoms with van der Waals surface area (Å²) in [6.45, 7) is 0.122. The lowest BCUT2D eigenvalue weighted by Crippen LogP contribution is -2.42. The third-order valence-corrected chi connectivity index (χ3v) is 9.10. The predicted molar refractivity (Wildman–Crippen MR) is 165 cm³/mol. The minimum absolute atomic E-state index is 0.0385. The minimum Gasteiger partial charge on any atom is -0.502 e. The first-order chi connectivity index (χ1) is 22.3. The number of aromatic hydroxyl groups is 1. The molecule has 4 aromatic carbocycles. The van der Waals surface area contributed by atoms with E-state index < -0.39 is 29.8 Å². The van der Waals surface area contributed by atoms with E-state index in [-0.39, 0.29) is 42.3 Å². The maximum atomic E-state index is 13.7. The summed E-state index contributed by atoms with van der Waals surface area (Å²) in [4.78, 5) is 40.1. The Morgan fingerprint density at radius 3 is 2.00 bits per heavy atom. The van der Waals surface area contributed by atoms with Crippen LogP contribution in [0.4, 0.5) is 0 Å². The van der Waals surface area contributed by atoms with Crippen molar-refractivity contribution in [3.8, 4) is 28.7 Å². The number of halogens is 1. The van der Waals surface area contributed by atoms with E-state index in [9.17, 15) is 19.5 Å². The van der Waals surface area contributed by atoms with Crippen LogP contribution in [0.25, 0.3) is 0 Å². The summed E-state index contributed by atoms with van der Waals surface area (Å²) in [6, 6.07) is 19.4. The molecule has 0 saturated carbocycles. The van der Waals surface area contributed by atoms with Gasteiger partial charge in [0.05, 0.1) is 32.8 Å². The molecule has 10 nitrogen and oxygen atoms in total. The number of esters is 1. The van der Waals surface area contributed by atoms with Gasteiger partial charge in [0.1, 0.15) is 0 Å². The number of nitrogens with one attached hydrogen (secondary N) is 1. The topological polar surface area (TPSA) is 130 Å². The van der Waals surface area contributed by atoms with Gasteiger partial charge in [-0.25, -0.2) is 0 Å². The van der Waals surface area contributed by atoms with Crippen molar-refractivity contribution in [3.63, 3.8) is 0 Å². The maximum Gasteiger partial charge on any atom is 0.310 e. The van der Waals surface area contributed by atoms with E-state index in [1.165, 1.54) is 14.2 Å². The number of cyclic esters (lactones) is 1. The second kappa shape index (κ2) is 11.6. The first kappa shape index (κ1) is 29.5. The van der Waals surface area contributed by atoms with E-state index in [4.69, 9.17) is 35.3 Å². The van der Waals surface area contributed by atoms with Crippen LogP contribution in [0.1, 0.15) is 54.9 Å². The Balaban J connectivity index is 1.26. The average molecular weight is 642 g/mol. The number of benzene rings is 4. The fourth-order valence-electron chi connectivity index (χ4n) is 6.61. The molecule has 11 heteroatoms. The first-order valence-electron chi connectivity index (χ1n) is 14.5. The van der Waals surface area contributed by atoms with E-state index >= 15 is 0 Å². The van der Waals surface area contributed by atoms with E-state index in [2.05, 4.69) is 5.32 Å². The van der Waals surface area contributed by atoms with Gasteiger partial charge < -0.3 is 34.1 Å². The molecule has 7 rings (SSSR count). The zero-order valence-corrected chi connectivity index (χ0v) is 25.5. The Kier molecular flexibility index (Phi) is 7.44. The van der Waals surface area contributed by atoms with Crippen LogP contribution >= 0.6 is 11.6 Å². The molecule has 46 heavy (non-hydrogen) atoms. The monoisotopic (exact) mass is 641 g/mol. The summed E-state index contributed by atoms with van der Waals surface area (Å²) in [7, 11) is 2.87. The van der Waals surface area contributed by atoms with Gasteiger partial charge in [-0.05, 0) is 77.4 Å². The lowest BCUT2D eigenvalue weighted by Gasteiger charge is -2.39. The van der Waals surface area contributed by atoms with Crippen molar-refractivity contribution in [2.24, 2.45) is 11.8 Å². The number of hydrogen-bond acceptors (Lipinski definition) is 9. The van der Waals surface area contributed by atoms with Gasteiger partial charge in [-0.2, -0.15) is 0 Å². The molecule has 3 aliphatic rings. The fourth-order valence-corrected chi connectivity index (χ4v) is 6.73. The molecule has 4 atom stereocenters. The van der Waals surface area contributed by atoms with Crippen LogP contribution in [0.3, 0.4) is 0 Å². The molecule has 0 bridgehead atoms. The molecule has 1 amide bonds. The van der Waals surface area contributed by atoms with Crippen LogP contribution in [0.2, 0.25) is 5.02 Å². The number of fused-ring (bicyclic) bond motifs is 3. The number of phenols is 1. The molecule has 1 saturated heterocycles. The smallest absolute Gasteiger partial charge is 0.310 e. The number of ketones is 1. The molecule has 0 unspecified atom stereocenters. The van der Waals surface area contributed by atoms with Gasteiger partial charge in [0.15, 0.2) is 28.8 Å². The van der Waals surface area contributed by atoms with E-state index in [1.54, 1.807) is 60.7 Å². The van der Waals surface area contributed by atoms with E-state index in [1.807, 2.05) is 12.1 Å². The quantitative estimate of drug-likeness (QED) is 0.200. The number of carbonyl (C=O) groups is 3. The average Bonchev–Trinajstić information content (AvgIpc) is 3.70. The fraction of sp³-hybridized carbons (Fsp3) is 0.229. The van der Waals surface area contributed by atoms with Crippen molar-refractivity contribution in [2.75, 3.05) is 27.6 Å². The number of hydrogen-bond donors (Lipinski definition) is 2.